The van der Waals surface area contributed by atoms with E-state index in [0.29, 0.717) is 0 Å². The molecule has 1 aromatic rings. The number of amides is 2. The summed E-state index contributed by atoms with van der Waals surface area (Å²) < 4.78 is 1.04. The third-order valence-corrected chi connectivity index (χ3v) is 5.21. The summed E-state index contributed by atoms with van der Waals surface area (Å²) in [6, 6.07) is 7.58. The molecule has 2 bridgehead atoms. The Bertz CT molecular complexity index is 594. The van der Waals surface area contributed by atoms with Crippen LogP contribution in [0.5, 0.6) is 0 Å². The van der Waals surface area contributed by atoms with Crippen molar-refractivity contribution in [1.29, 1.82) is 0 Å². The first-order valence-electron chi connectivity index (χ1n) is 6.48. The van der Waals surface area contributed by atoms with Gasteiger partial charge in [-0.25, -0.2) is 4.90 Å². The van der Waals surface area contributed by atoms with E-state index in [-0.39, 0.29) is 35.5 Å². The molecule has 3 aliphatic rings. The topological polar surface area (TPSA) is 37.4 Å². The third kappa shape index (κ3) is 1.49. The number of nitrogens with zero attached hydrogens (tertiary/aromatic N) is 1. The highest BCUT2D eigenvalue weighted by molar-refractivity contribution is 14.1. The van der Waals surface area contributed by atoms with Crippen LogP contribution in [-0.4, -0.2) is 11.8 Å². The normalized spacial score (nSPS) is 35.3. The highest BCUT2D eigenvalue weighted by atomic mass is 127. The highest BCUT2D eigenvalue weighted by Crippen LogP contribution is 2.53. The van der Waals surface area contributed by atoms with Gasteiger partial charge in [0, 0.05) is 3.57 Å². The van der Waals surface area contributed by atoms with E-state index in [1.807, 2.05) is 24.3 Å². The van der Waals surface area contributed by atoms with Crippen molar-refractivity contribution in [2.24, 2.45) is 23.7 Å². The number of hydrogen-bond acceptors (Lipinski definition) is 2. The molecule has 2 fully saturated rings. The Morgan fingerprint density at radius 1 is 1.05 bits per heavy atom. The van der Waals surface area contributed by atoms with Gasteiger partial charge in [-0.2, -0.15) is 0 Å². The fraction of sp³-hybridized carbons (Fsp3) is 0.333. The van der Waals surface area contributed by atoms with Crippen LogP contribution in [0.3, 0.4) is 0 Å². The van der Waals surface area contributed by atoms with E-state index in [1.165, 1.54) is 4.90 Å². The molecule has 1 saturated heterocycles. The largest absolute Gasteiger partial charge is 0.274 e. The van der Waals surface area contributed by atoms with Crippen LogP contribution < -0.4 is 4.90 Å². The minimum Gasteiger partial charge on any atom is -0.274 e. The van der Waals surface area contributed by atoms with Gasteiger partial charge in [0.1, 0.15) is 0 Å². The van der Waals surface area contributed by atoms with Crippen LogP contribution in [0.2, 0.25) is 0 Å². The number of halogens is 1. The van der Waals surface area contributed by atoms with Crippen LogP contribution in [0.25, 0.3) is 0 Å². The molecule has 2 amide bonds. The number of benzene rings is 1. The molecule has 1 aliphatic heterocycles. The summed E-state index contributed by atoms with van der Waals surface area (Å²) in [4.78, 5) is 26.5. The van der Waals surface area contributed by atoms with Crippen molar-refractivity contribution in [3.63, 3.8) is 0 Å². The molecule has 4 rings (SSSR count). The number of allylic oxidation sites excluding steroid dienone is 2. The van der Waals surface area contributed by atoms with Gasteiger partial charge in [0.25, 0.3) is 0 Å². The van der Waals surface area contributed by atoms with Gasteiger partial charge >= 0.3 is 0 Å². The number of rotatable bonds is 1. The van der Waals surface area contributed by atoms with E-state index in [0.717, 1.165) is 15.7 Å². The summed E-state index contributed by atoms with van der Waals surface area (Å²) in [5.41, 5.74) is 0.718. The molecule has 1 heterocycles. The minimum absolute atomic E-state index is 0.00569. The Kier molecular flexibility index (Phi) is 2.40. The van der Waals surface area contributed by atoms with Crippen LogP contribution in [0.4, 0.5) is 5.69 Å². The molecule has 4 heteroatoms. The van der Waals surface area contributed by atoms with E-state index in [4.69, 9.17) is 0 Å². The summed E-state index contributed by atoms with van der Waals surface area (Å²) >= 11 is 2.20. The zero-order valence-corrected chi connectivity index (χ0v) is 12.3. The van der Waals surface area contributed by atoms with E-state index in [2.05, 4.69) is 34.7 Å². The lowest BCUT2D eigenvalue weighted by Crippen LogP contribution is -2.32. The maximum atomic E-state index is 12.6. The number of imide groups is 1. The van der Waals surface area contributed by atoms with E-state index < -0.39 is 0 Å². The van der Waals surface area contributed by atoms with Crippen molar-refractivity contribution < 1.29 is 9.59 Å². The van der Waals surface area contributed by atoms with E-state index >= 15 is 0 Å². The third-order valence-electron chi connectivity index (χ3n) is 4.54. The highest BCUT2D eigenvalue weighted by Gasteiger charge is 2.59. The fourth-order valence-corrected chi connectivity index (χ4v) is 4.30. The van der Waals surface area contributed by atoms with Crippen LogP contribution in [-0.2, 0) is 9.59 Å². The quantitative estimate of drug-likeness (QED) is 0.436. The second-order valence-corrected chi connectivity index (χ2v) is 6.74. The molecule has 3 nitrogen and oxygen atoms in total. The zero-order chi connectivity index (χ0) is 13.1. The van der Waals surface area contributed by atoms with Gasteiger partial charge in [-0.3, -0.25) is 9.59 Å². The molecule has 1 aromatic carbocycles. The Labute approximate surface area is 124 Å². The standard InChI is InChI=1S/C15H12INO2/c16-10-2-1-3-11(7-10)17-14(18)12-8-4-5-9(6-8)13(12)15(17)19/h1-5,7-9,12-13H,6H2. The number of carbonyl (C=O) groups excluding carboxylic acids is 2. The van der Waals surface area contributed by atoms with Gasteiger partial charge in [0.2, 0.25) is 11.8 Å². The van der Waals surface area contributed by atoms with Crippen molar-refractivity contribution in [2.75, 3.05) is 4.90 Å². The second kappa shape index (κ2) is 3.91. The summed E-state index contributed by atoms with van der Waals surface area (Å²) in [6.45, 7) is 0. The first-order chi connectivity index (χ1) is 9.16. The molecule has 0 aromatic heterocycles. The van der Waals surface area contributed by atoms with Gasteiger partial charge in [-0.15, -0.1) is 0 Å². The summed E-state index contributed by atoms with van der Waals surface area (Å²) in [5.74, 6) is 0.321. The zero-order valence-electron chi connectivity index (χ0n) is 10.1. The average Bonchev–Trinajstić information content (AvgIpc) is 3.04. The van der Waals surface area contributed by atoms with Crippen LogP contribution in [0, 0.1) is 27.2 Å². The Hall–Kier alpha value is -1.17. The maximum absolute atomic E-state index is 12.6. The lowest BCUT2D eigenvalue weighted by atomic mass is 9.85. The molecule has 4 unspecified atom stereocenters. The molecular weight excluding hydrogens is 353 g/mol. The molecule has 2 aliphatic carbocycles. The lowest BCUT2D eigenvalue weighted by Gasteiger charge is -2.17. The number of hydrogen-bond donors (Lipinski definition) is 0. The molecule has 1 saturated carbocycles. The van der Waals surface area contributed by atoms with Gasteiger partial charge in [0.15, 0.2) is 0 Å². The van der Waals surface area contributed by atoms with Gasteiger partial charge in [-0.05, 0) is 59.0 Å². The van der Waals surface area contributed by atoms with Crippen LogP contribution >= 0.6 is 22.6 Å². The predicted molar refractivity (Wildman–Crippen MR) is 79.4 cm³/mol. The van der Waals surface area contributed by atoms with Crippen molar-refractivity contribution in [3.8, 4) is 0 Å². The molecule has 0 N–H and O–H groups in total. The van der Waals surface area contributed by atoms with Crippen molar-refractivity contribution in [3.05, 3.63) is 40.0 Å². The fourth-order valence-electron chi connectivity index (χ4n) is 3.77. The smallest absolute Gasteiger partial charge is 0.238 e. The van der Waals surface area contributed by atoms with Gasteiger partial charge in [-0.1, -0.05) is 18.2 Å². The lowest BCUT2D eigenvalue weighted by molar-refractivity contribution is -0.123. The summed E-state index contributed by atoms with van der Waals surface area (Å²) in [7, 11) is 0. The first-order valence-corrected chi connectivity index (χ1v) is 7.56. The summed E-state index contributed by atoms with van der Waals surface area (Å²) in [5, 5.41) is 0. The van der Waals surface area contributed by atoms with Crippen molar-refractivity contribution in [2.45, 2.75) is 6.42 Å². The number of anilines is 1. The molecule has 0 spiro atoms. The molecule has 96 valence electrons. The average molecular weight is 365 g/mol. The van der Waals surface area contributed by atoms with Crippen molar-refractivity contribution >= 4 is 40.1 Å². The van der Waals surface area contributed by atoms with E-state index in [9.17, 15) is 9.59 Å². The van der Waals surface area contributed by atoms with Crippen molar-refractivity contribution in [1.82, 2.24) is 0 Å². The van der Waals surface area contributed by atoms with E-state index in [1.54, 1.807) is 0 Å². The first kappa shape index (κ1) is 11.6. The Morgan fingerprint density at radius 3 is 2.26 bits per heavy atom. The summed E-state index contributed by atoms with van der Waals surface area (Å²) in [6.07, 6.45) is 5.22. The Balaban J connectivity index is 1.77. The number of carbonyl (C=O) groups is 2. The predicted octanol–water partition coefficient (Wildman–Crippen LogP) is 2.60. The van der Waals surface area contributed by atoms with Crippen LogP contribution in [0.15, 0.2) is 36.4 Å². The maximum Gasteiger partial charge on any atom is 0.238 e. The minimum atomic E-state index is -0.111. The van der Waals surface area contributed by atoms with Crippen LogP contribution in [0.1, 0.15) is 6.42 Å². The SMILES string of the molecule is O=C1C2C3C=CC(C3)C2C(=O)N1c1cccc(I)c1. The monoisotopic (exact) mass is 365 g/mol. The second-order valence-electron chi connectivity index (χ2n) is 5.49. The Morgan fingerprint density at radius 2 is 1.68 bits per heavy atom. The van der Waals surface area contributed by atoms with Gasteiger partial charge < -0.3 is 0 Å². The van der Waals surface area contributed by atoms with Gasteiger partial charge in [0.05, 0.1) is 17.5 Å². The molecule has 0 radical (unpaired) electrons. The molecule has 4 atom stereocenters. The molecule has 19 heavy (non-hydrogen) atoms. The molecular formula is C15H12INO2. The number of fused-ring (bicyclic) bond motifs is 5.